The molecule has 2 aliphatic carbocycles. The third-order valence-electron chi connectivity index (χ3n) is 6.48. The van der Waals surface area contributed by atoms with E-state index in [2.05, 4.69) is 25.3 Å². The molecule has 6 rings (SSSR count). The van der Waals surface area contributed by atoms with Gasteiger partial charge >= 0.3 is 13.9 Å². The summed E-state index contributed by atoms with van der Waals surface area (Å²) >= 11 is 6.10. The number of ether oxygens (including phenoxy) is 2. The topological polar surface area (TPSA) is 156 Å². The molecule has 168 valence electrons. The molecule has 0 aromatic carbocycles. The van der Waals surface area contributed by atoms with Crippen LogP contribution < -0.4 is 5.32 Å². The molecule has 1 unspecified atom stereocenters. The Morgan fingerprint density at radius 2 is 2.25 bits per heavy atom. The first kappa shape index (κ1) is 19.9. The van der Waals surface area contributed by atoms with Gasteiger partial charge in [-0.15, -0.1) is 0 Å². The van der Waals surface area contributed by atoms with E-state index in [-0.39, 0.29) is 23.9 Å². The number of anilines is 1. The highest BCUT2D eigenvalue weighted by Crippen LogP contribution is 2.71. The molecule has 13 nitrogen and oxygen atoms in total. The quantitative estimate of drug-likeness (QED) is 0.301. The Kier molecular flexibility index (Phi) is 4.13. The van der Waals surface area contributed by atoms with Crippen molar-refractivity contribution < 1.29 is 28.3 Å². The molecule has 0 spiro atoms. The number of hydrogen-bond acceptors (Lipinski definition) is 10. The van der Waals surface area contributed by atoms with E-state index < -0.39 is 31.5 Å². The number of imidazole rings is 2. The molecule has 3 aromatic heterocycles. The second-order valence-electron chi connectivity index (χ2n) is 8.03. The first-order valence-electron chi connectivity index (χ1n) is 9.75. The predicted octanol–water partition coefficient (Wildman–Crippen LogP) is 1.85. The summed E-state index contributed by atoms with van der Waals surface area (Å²) in [4.78, 5) is 39.0. The zero-order chi connectivity index (χ0) is 22.3. The van der Waals surface area contributed by atoms with Crippen molar-refractivity contribution in [3.05, 3.63) is 30.3 Å². The minimum Gasteiger partial charge on any atom is -0.426 e. The second kappa shape index (κ2) is 6.64. The van der Waals surface area contributed by atoms with Crippen molar-refractivity contribution in [2.24, 2.45) is 11.3 Å². The summed E-state index contributed by atoms with van der Waals surface area (Å²) in [7, 11) is -2.45. The predicted molar refractivity (Wildman–Crippen MR) is 108 cm³/mol. The molecule has 1 saturated heterocycles. The lowest BCUT2D eigenvalue weighted by molar-refractivity contribution is 0.0609. The number of carbonyl (C=O) groups excluding carboxylic acids is 1. The highest BCUT2D eigenvalue weighted by Gasteiger charge is 2.77. The Morgan fingerprint density at radius 1 is 1.41 bits per heavy atom. The van der Waals surface area contributed by atoms with Gasteiger partial charge in [0.05, 0.1) is 19.0 Å². The molecule has 3 fully saturated rings. The van der Waals surface area contributed by atoms with Crippen molar-refractivity contribution >= 4 is 42.5 Å². The monoisotopic (exact) mass is 481 g/mol. The SMILES string of the molecule is CNc1nc(Cl)nc2c1ncn2[C@H]1[C@@H]2OC(=O)O[C@@H]2[C@]2(COP(=O)(O)n3ccnc3)C[C@H]12. The van der Waals surface area contributed by atoms with Gasteiger partial charge in [-0.05, 0) is 23.9 Å². The van der Waals surface area contributed by atoms with E-state index >= 15 is 0 Å². The van der Waals surface area contributed by atoms with E-state index in [1.165, 1.54) is 18.7 Å². The van der Waals surface area contributed by atoms with Crippen LogP contribution in [0.25, 0.3) is 11.2 Å². The molecule has 2 saturated carbocycles. The highest BCUT2D eigenvalue weighted by molar-refractivity contribution is 7.51. The minimum absolute atomic E-state index is 0.0461. The molecule has 3 aromatic rings. The van der Waals surface area contributed by atoms with E-state index in [0.717, 1.165) is 4.34 Å². The molecule has 0 bridgehead atoms. The zero-order valence-electron chi connectivity index (χ0n) is 16.5. The van der Waals surface area contributed by atoms with Crippen LogP contribution >= 0.6 is 19.3 Å². The number of fused-ring (bicyclic) bond motifs is 4. The van der Waals surface area contributed by atoms with Gasteiger partial charge in [0.15, 0.2) is 29.2 Å². The lowest BCUT2D eigenvalue weighted by atomic mass is 10.0. The van der Waals surface area contributed by atoms with E-state index in [0.29, 0.717) is 23.4 Å². The number of hydrogen-bond donors (Lipinski definition) is 2. The van der Waals surface area contributed by atoms with Gasteiger partial charge in [0.25, 0.3) is 0 Å². The number of rotatable bonds is 6. The van der Waals surface area contributed by atoms with Gasteiger partial charge in [-0.3, -0.25) is 4.52 Å². The molecule has 4 heterocycles. The standard InChI is InChI=1S/C17H17ClN7O6P/c1-19-13-9-14(23-15(18)22-13)25(7-21-9)10-8-4-17(8,12-11(10)30-16(26)31-12)5-29-32(27,28)24-3-2-20-6-24/h2-3,6-8,10-12H,4-5H2,1H3,(H,27,28)(H,19,22,23)/t8-,10-,11+,12+,17+/m1/s1. The number of nitrogens with one attached hydrogen (secondary N) is 1. The molecule has 1 aliphatic heterocycles. The number of aromatic nitrogens is 6. The Bertz CT molecular complexity index is 1280. The zero-order valence-corrected chi connectivity index (χ0v) is 18.2. The van der Waals surface area contributed by atoms with Gasteiger partial charge in [0.1, 0.15) is 6.33 Å². The Hall–Kier alpha value is -2.73. The van der Waals surface area contributed by atoms with Gasteiger partial charge in [-0.2, -0.15) is 9.97 Å². The van der Waals surface area contributed by atoms with Crippen molar-refractivity contribution in [1.29, 1.82) is 0 Å². The number of halogens is 1. The fraction of sp³-hybridized carbons (Fsp3) is 0.471. The number of nitrogens with zero attached hydrogens (tertiary/aromatic N) is 6. The maximum absolute atomic E-state index is 12.6. The first-order valence-corrected chi connectivity index (χ1v) is 11.7. The summed E-state index contributed by atoms with van der Waals surface area (Å²) < 4.78 is 31.8. The van der Waals surface area contributed by atoms with Gasteiger partial charge in [-0.25, -0.2) is 23.7 Å². The largest absolute Gasteiger partial charge is 0.509 e. The van der Waals surface area contributed by atoms with Crippen LogP contribution in [0.5, 0.6) is 0 Å². The lowest BCUT2D eigenvalue weighted by Gasteiger charge is -2.22. The van der Waals surface area contributed by atoms with Crippen LogP contribution in [0.4, 0.5) is 10.6 Å². The van der Waals surface area contributed by atoms with Crippen molar-refractivity contribution in [3.8, 4) is 0 Å². The maximum Gasteiger partial charge on any atom is 0.509 e. The second-order valence-corrected chi connectivity index (χ2v) is 10.1. The third kappa shape index (κ3) is 2.71. The Labute approximate surface area is 185 Å². The summed E-state index contributed by atoms with van der Waals surface area (Å²) in [5.74, 6) is 0.414. The van der Waals surface area contributed by atoms with Gasteiger partial charge < -0.3 is 24.3 Å². The molecule has 0 amide bonds. The van der Waals surface area contributed by atoms with Crippen LogP contribution in [0.15, 0.2) is 25.0 Å². The van der Waals surface area contributed by atoms with Crippen LogP contribution in [0.2, 0.25) is 5.28 Å². The highest BCUT2D eigenvalue weighted by atomic mass is 35.5. The van der Waals surface area contributed by atoms with Crippen molar-refractivity contribution in [1.82, 2.24) is 28.8 Å². The van der Waals surface area contributed by atoms with Gasteiger partial charge in [0, 0.05) is 24.9 Å². The van der Waals surface area contributed by atoms with Crippen molar-refractivity contribution in [3.63, 3.8) is 0 Å². The summed E-state index contributed by atoms with van der Waals surface area (Å²) in [6.07, 6.45) is 4.11. The normalized spacial score (nSPS) is 32.2. The van der Waals surface area contributed by atoms with Crippen LogP contribution in [-0.2, 0) is 18.6 Å². The molecular formula is C17H17ClN7O6P. The van der Waals surface area contributed by atoms with Crippen LogP contribution in [0.1, 0.15) is 12.5 Å². The van der Waals surface area contributed by atoms with Crippen molar-refractivity contribution in [2.75, 3.05) is 19.0 Å². The lowest BCUT2D eigenvalue weighted by Crippen LogP contribution is -2.33. The summed E-state index contributed by atoms with van der Waals surface area (Å²) in [5.41, 5.74) is 0.337. The average Bonchev–Trinajstić information content (AvgIpc) is 3.24. The van der Waals surface area contributed by atoms with E-state index in [4.69, 9.17) is 25.6 Å². The molecule has 32 heavy (non-hydrogen) atoms. The van der Waals surface area contributed by atoms with Gasteiger partial charge in [0.2, 0.25) is 5.28 Å². The summed E-state index contributed by atoms with van der Waals surface area (Å²) in [6.45, 7) is -0.0952. The van der Waals surface area contributed by atoms with E-state index in [1.807, 2.05) is 0 Å². The smallest absolute Gasteiger partial charge is 0.426 e. The molecule has 3 aliphatic rings. The van der Waals surface area contributed by atoms with E-state index in [9.17, 15) is 14.3 Å². The molecule has 15 heteroatoms. The summed E-state index contributed by atoms with van der Waals surface area (Å²) in [6, 6.07) is -0.359. The van der Waals surface area contributed by atoms with E-state index in [1.54, 1.807) is 17.9 Å². The van der Waals surface area contributed by atoms with Crippen LogP contribution in [0, 0.1) is 11.3 Å². The third-order valence-corrected chi connectivity index (χ3v) is 7.94. The molecule has 6 atom stereocenters. The van der Waals surface area contributed by atoms with Crippen LogP contribution in [0.3, 0.4) is 0 Å². The minimum atomic E-state index is -4.15. The van der Waals surface area contributed by atoms with Crippen molar-refractivity contribution in [2.45, 2.75) is 24.7 Å². The van der Waals surface area contributed by atoms with Crippen LogP contribution in [-0.4, -0.2) is 65.8 Å². The molecular weight excluding hydrogens is 465 g/mol. The fourth-order valence-corrected chi connectivity index (χ4v) is 6.11. The average molecular weight is 482 g/mol. The molecule has 2 N–H and O–H groups in total. The molecule has 0 radical (unpaired) electrons. The Balaban J connectivity index is 1.35. The first-order chi connectivity index (χ1) is 15.3. The van der Waals surface area contributed by atoms with Gasteiger partial charge in [-0.1, -0.05) is 0 Å². The summed E-state index contributed by atoms with van der Waals surface area (Å²) in [5, 5.41) is 2.99. The maximum atomic E-state index is 12.6. The fourth-order valence-electron chi connectivity index (χ4n) is 4.99. The Morgan fingerprint density at radius 3 is 3.00 bits per heavy atom. The number of carbonyl (C=O) groups is 1.